The van der Waals surface area contributed by atoms with E-state index in [-0.39, 0.29) is 0 Å². The van der Waals surface area contributed by atoms with Gasteiger partial charge in [-0.25, -0.2) is 4.21 Å². The number of halogens is 2. The molecule has 0 bridgehead atoms. The lowest BCUT2D eigenvalue weighted by Gasteiger charge is -1.97. The van der Waals surface area contributed by atoms with Gasteiger partial charge in [-0.1, -0.05) is 23.2 Å². The average Bonchev–Trinajstić information content (AvgIpc) is 1.67. The number of hydrogen-bond acceptors (Lipinski definition) is 2. The molecule has 0 radical (unpaired) electrons. The third-order valence-corrected chi connectivity index (χ3v) is 2.01. The van der Waals surface area contributed by atoms with Gasteiger partial charge in [-0.3, -0.25) is 4.18 Å². The van der Waals surface area contributed by atoms with E-state index in [2.05, 4.69) is 4.18 Å². The lowest BCUT2D eigenvalue weighted by Crippen LogP contribution is -2.03. The molecular formula is C3H6Cl2O2S. The van der Waals surface area contributed by atoms with Crippen LogP contribution in [0.2, 0.25) is 0 Å². The van der Waals surface area contributed by atoms with Crippen LogP contribution in [0.15, 0.2) is 0 Å². The van der Waals surface area contributed by atoms with Crippen molar-refractivity contribution in [3.8, 4) is 0 Å². The van der Waals surface area contributed by atoms with E-state index in [0.29, 0.717) is 6.61 Å². The van der Waals surface area contributed by atoms with Crippen LogP contribution in [0.5, 0.6) is 0 Å². The molecule has 0 N–H and O–H groups in total. The fourth-order valence-electron chi connectivity index (χ4n) is 0.168. The topological polar surface area (TPSA) is 26.3 Å². The molecule has 1 atom stereocenters. The molecule has 2 nitrogen and oxygen atoms in total. The van der Waals surface area contributed by atoms with Crippen molar-refractivity contribution in [2.75, 3.05) is 6.61 Å². The van der Waals surface area contributed by atoms with Gasteiger partial charge < -0.3 is 0 Å². The van der Waals surface area contributed by atoms with E-state index in [1.807, 2.05) is 0 Å². The fraction of sp³-hybridized carbons (Fsp3) is 1.00. The second kappa shape index (κ2) is 4.56. The molecule has 0 fully saturated rings. The van der Waals surface area contributed by atoms with Gasteiger partial charge in [-0.15, -0.1) is 0 Å². The Morgan fingerprint density at radius 2 is 2.25 bits per heavy atom. The van der Waals surface area contributed by atoms with Crippen molar-refractivity contribution in [2.45, 2.75) is 11.1 Å². The van der Waals surface area contributed by atoms with E-state index in [0.717, 1.165) is 0 Å². The van der Waals surface area contributed by atoms with Crippen molar-refractivity contribution in [3.63, 3.8) is 0 Å². The van der Waals surface area contributed by atoms with Crippen molar-refractivity contribution >= 4 is 34.3 Å². The zero-order valence-corrected chi connectivity index (χ0v) is 6.59. The molecule has 1 unspecified atom stereocenters. The molecule has 8 heavy (non-hydrogen) atoms. The van der Waals surface area contributed by atoms with Crippen LogP contribution in [0, 0.1) is 0 Å². The predicted molar refractivity (Wildman–Crippen MR) is 35.3 cm³/mol. The van der Waals surface area contributed by atoms with Crippen molar-refractivity contribution < 1.29 is 8.39 Å². The van der Waals surface area contributed by atoms with Crippen LogP contribution in [0.25, 0.3) is 0 Å². The third-order valence-electron chi connectivity index (χ3n) is 0.379. The Morgan fingerprint density at radius 1 is 1.75 bits per heavy atom. The molecule has 0 heterocycles. The second-order valence-corrected chi connectivity index (χ2v) is 3.77. The summed E-state index contributed by atoms with van der Waals surface area (Å²) in [6, 6.07) is 0. The van der Waals surface area contributed by atoms with E-state index in [4.69, 9.17) is 23.2 Å². The van der Waals surface area contributed by atoms with E-state index >= 15 is 0 Å². The van der Waals surface area contributed by atoms with Crippen LogP contribution in [-0.2, 0) is 15.3 Å². The van der Waals surface area contributed by atoms with Gasteiger partial charge in [0.05, 0.1) is 6.61 Å². The van der Waals surface area contributed by atoms with Crippen molar-refractivity contribution in [1.29, 1.82) is 0 Å². The Kier molecular flexibility index (Phi) is 4.95. The van der Waals surface area contributed by atoms with E-state index < -0.39 is 15.2 Å². The Hall–Kier alpha value is 0.690. The molecule has 0 amide bonds. The largest absolute Gasteiger partial charge is 0.289 e. The molecule has 0 aromatic heterocycles. The summed E-state index contributed by atoms with van der Waals surface area (Å²) in [6.07, 6.45) is 0. The first-order valence-electron chi connectivity index (χ1n) is 2.00. The zero-order valence-electron chi connectivity index (χ0n) is 4.27. The first-order chi connectivity index (χ1) is 3.68. The number of rotatable bonds is 3. The molecule has 0 aliphatic rings. The van der Waals surface area contributed by atoms with Gasteiger partial charge >= 0.3 is 0 Å². The normalized spacial score (nSPS) is 14.5. The Morgan fingerprint density at radius 3 is 2.38 bits per heavy atom. The molecule has 50 valence electrons. The highest BCUT2D eigenvalue weighted by Crippen LogP contribution is 2.07. The Balaban J connectivity index is 3.33. The summed E-state index contributed by atoms with van der Waals surface area (Å²) in [6.45, 7) is 2.08. The van der Waals surface area contributed by atoms with Crippen molar-refractivity contribution in [3.05, 3.63) is 0 Å². The van der Waals surface area contributed by atoms with Gasteiger partial charge in [0.15, 0.2) is 11.1 Å². The minimum Gasteiger partial charge on any atom is -0.289 e. The van der Waals surface area contributed by atoms with Gasteiger partial charge in [-0.05, 0) is 6.92 Å². The summed E-state index contributed by atoms with van der Waals surface area (Å²) >= 11 is 8.75. The maximum absolute atomic E-state index is 10.4. The van der Waals surface area contributed by atoms with Crippen molar-refractivity contribution in [2.24, 2.45) is 0 Å². The first kappa shape index (κ1) is 8.69. The molecular weight excluding hydrogens is 171 g/mol. The molecule has 5 heteroatoms. The summed E-state index contributed by atoms with van der Waals surface area (Å²) in [5, 5.41) is 0. The Bertz CT molecular complexity index is 85.4. The van der Waals surface area contributed by atoms with Gasteiger partial charge in [0.25, 0.3) is 0 Å². The van der Waals surface area contributed by atoms with Crippen LogP contribution >= 0.6 is 23.2 Å². The molecule has 0 saturated heterocycles. The summed E-state index contributed by atoms with van der Waals surface area (Å²) in [4.78, 5) is 0. The van der Waals surface area contributed by atoms with Crippen LogP contribution in [0.1, 0.15) is 6.92 Å². The fourth-order valence-corrected chi connectivity index (χ4v) is 0.811. The molecule has 0 aromatic carbocycles. The van der Waals surface area contributed by atoms with Crippen LogP contribution in [0.4, 0.5) is 0 Å². The van der Waals surface area contributed by atoms with E-state index in [9.17, 15) is 4.21 Å². The Labute approximate surface area is 60.8 Å². The summed E-state index contributed by atoms with van der Waals surface area (Å²) in [5.41, 5.74) is 0. The minimum atomic E-state index is -1.54. The quantitative estimate of drug-likeness (QED) is 0.609. The van der Waals surface area contributed by atoms with Gasteiger partial charge in [0.2, 0.25) is 4.17 Å². The van der Waals surface area contributed by atoms with Crippen LogP contribution < -0.4 is 0 Å². The highest BCUT2D eigenvalue weighted by molar-refractivity contribution is 7.83. The summed E-state index contributed by atoms with van der Waals surface area (Å²) in [7, 11) is 0. The van der Waals surface area contributed by atoms with Crippen LogP contribution in [-0.4, -0.2) is 15.0 Å². The molecule has 0 aliphatic heterocycles. The van der Waals surface area contributed by atoms with E-state index in [1.54, 1.807) is 6.92 Å². The average molecular weight is 177 g/mol. The molecule has 0 aliphatic carbocycles. The highest BCUT2D eigenvalue weighted by Gasteiger charge is 2.07. The molecule has 0 saturated carbocycles. The number of alkyl halides is 2. The first-order valence-corrected chi connectivity index (χ1v) is 4.01. The smallest absolute Gasteiger partial charge is 0.207 e. The SMILES string of the molecule is CCOS(=O)C(Cl)Cl. The van der Waals surface area contributed by atoms with Gasteiger partial charge in [0.1, 0.15) is 0 Å². The lowest BCUT2D eigenvalue weighted by atomic mass is 10.9. The molecule has 0 rings (SSSR count). The highest BCUT2D eigenvalue weighted by atomic mass is 35.5. The van der Waals surface area contributed by atoms with Gasteiger partial charge in [-0.2, -0.15) is 0 Å². The monoisotopic (exact) mass is 176 g/mol. The molecule has 0 aromatic rings. The lowest BCUT2D eigenvalue weighted by molar-refractivity contribution is 0.373. The summed E-state index contributed by atoms with van der Waals surface area (Å²) < 4.78 is 13.9. The third kappa shape index (κ3) is 3.66. The van der Waals surface area contributed by atoms with Crippen molar-refractivity contribution in [1.82, 2.24) is 0 Å². The second-order valence-electron chi connectivity index (χ2n) is 0.928. The molecule has 0 spiro atoms. The predicted octanol–water partition coefficient (Wildman–Crippen LogP) is 1.45. The van der Waals surface area contributed by atoms with Gasteiger partial charge in [0, 0.05) is 0 Å². The number of hydrogen-bond donors (Lipinski definition) is 0. The summed E-state index contributed by atoms with van der Waals surface area (Å²) in [5.74, 6) is 0. The maximum atomic E-state index is 10.4. The minimum absolute atomic E-state index is 0.364. The van der Waals surface area contributed by atoms with E-state index in [1.165, 1.54) is 0 Å². The van der Waals surface area contributed by atoms with Crippen LogP contribution in [0.3, 0.4) is 0 Å². The zero-order chi connectivity index (χ0) is 6.57. The standard InChI is InChI=1S/C3H6Cl2O2S/c1-2-7-8(6)3(4)5/h3H,2H2,1H3. The maximum Gasteiger partial charge on any atom is 0.207 e.